The summed E-state index contributed by atoms with van der Waals surface area (Å²) in [5.74, 6) is -0.373. The van der Waals surface area contributed by atoms with E-state index in [9.17, 15) is 9.18 Å². The molecular weight excluding hydrogens is 540 g/mol. The Kier molecular flexibility index (Phi) is 9.64. The van der Waals surface area contributed by atoms with Crippen LogP contribution in [0.1, 0.15) is 61.8 Å². The highest BCUT2D eigenvalue weighted by Gasteiger charge is 2.25. The lowest BCUT2D eigenvalue weighted by Gasteiger charge is -2.32. The number of rotatable bonds is 9. The Morgan fingerprint density at radius 3 is 2.79 bits per heavy atom. The van der Waals surface area contributed by atoms with E-state index < -0.39 is 11.9 Å². The molecule has 39 heavy (non-hydrogen) atoms. The first-order valence-corrected chi connectivity index (χ1v) is 13.9. The Hall–Kier alpha value is -2.94. The minimum absolute atomic E-state index is 0.0823. The molecule has 2 atom stereocenters. The average molecular weight is 575 g/mol. The number of carbonyl (C=O) groups excluding carboxylic acids is 1. The largest absolute Gasteiger partial charge is 0.484 e. The molecule has 1 aromatic heterocycles. The number of ether oxygens (including phenoxy) is 1. The highest BCUT2D eigenvalue weighted by molar-refractivity contribution is 6.36. The molecule has 2 aromatic rings. The molecule has 1 aliphatic carbocycles. The number of nitrogens with one attached hydrogen (secondary N) is 2. The minimum atomic E-state index is -0.692. The number of carbonyl (C=O) groups is 1. The molecule has 2 aliphatic rings. The van der Waals surface area contributed by atoms with Crippen LogP contribution in [-0.4, -0.2) is 53.0 Å². The van der Waals surface area contributed by atoms with Crippen molar-refractivity contribution in [2.45, 2.75) is 50.7 Å². The summed E-state index contributed by atoms with van der Waals surface area (Å²) in [6.07, 6.45) is 12.2. The number of hydrogen-bond donors (Lipinski definition) is 2. The van der Waals surface area contributed by atoms with Gasteiger partial charge in [0.25, 0.3) is 0 Å². The summed E-state index contributed by atoms with van der Waals surface area (Å²) in [7, 11) is 1.67. The van der Waals surface area contributed by atoms with Crippen molar-refractivity contribution in [2.24, 2.45) is 0 Å². The zero-order valence-electron chi connectivity index (χ0n) is 22.2. The summed E-state index contributed by atoms with van der Waals surface area (Å²) in [4.78, 5) is 13.9. The predicted molar refractivity (Wildman–Crippen MR) is 153 cm³/mol. The Morgan fingerprint density at radius 1 is 1.33 bits per heavy atom. The third-order valence-corrected chi connectivity index (χ3v) is 8.00. The van der Waals surface area contributed by atoms with Crippen molar-refractivity contribution in [3.63, 3.8) is 0 Å². The summed E-state index contributed by atoms with van der Waals surface area (Å²) in [6, 6.07) is 2.96. The first-order valence-electron chi connectivity index (χ1n) is 13.1. The second kappa shape index (κ2) is 12.9. The lowest BCUT2D eigenvalue weighted by atomic mass is 10.0. The molecule has 0 saturated carbocycles. The lowest BCUT2D eigenvalue weighted by molar-refractivity contribution is -0.120. The van der Waals surface area contributed by atoms with Crippen LogP contribution in [0, 0.1) is 11.2 Å². The fourth-order valence-electron chi connectivity index (χ4n) is 4.95. The number of amides is 1. The molecule has 2 heterocycles. The van der Waals surface area contributed by atoms with Gasteiger partial charge in [-0.15, -0.1) is 0 Å². The van der Waals surface area contributed by atoms with E-state index in [1.807, 2.05) is 23.0 Å². The predicted octanol–water partition coefficient (Wildman–Crippen LogP) is 6.38. The van der Waals surface area contributed by atoms with Gasteiger partial charge >= 0.3 is 0 Å². The summed E-state index contributed by atoms with van der Waals surface area (Å²) >= 11 is 12.5. The molecule has 0 radical (unpaired) electrons. The van der Waals surface area contributed by atoms with Crippen molar-refractivity contribution in [1.29, 1.82) is 5.41 Å². The number of hydrogen-bond acceptors (Lipinski definition) is 5. The Morgan fingerprint density at radius 2 is 2.08 bits per heavy atom. The van der Waals surface area contributed by atoms with E-state index in [-0.39, 0.29) is 22.6 Å². The van der Waals surface area contributed by atoms with Crippen LogP contribution in [0.2, 0.25) is 10.0 Å². The van der Waals surface area contributed by atoms with Crippen LogP contribution < -0.4 is 5.32 Å². The van der Waals surface area contributed by atoms with Crippen molar-refractivity contribution in [3.8, 4) is 0 Å². The maximum Gasteiger partial charge on any atom is 0.219 e. The van der Waals surface area contributed by atoms with E-state index in [1.165, 1.54) is 12.1 Å². The Balaban J connectivity index is 1.44. The van der Waals surface area contributed by atoms with Crippen molar-refractivity contribution in [3.05, 3.63) is 87.7 Å². The monoisotopic (exact) mass is 573 g/mol. The molecule has 1 aromatic carbocycles. The zero-order chi connectivity index (χ0) is 28.1. The highest BCUT2D eigenvalue weighted by atomic mass is 35.5. The molecule has 1 aliphatic heterocycles. The average Bonchev–Trinajstić information content (AvgIpc) is 3.37. The van der Waals surface area contributed by atoms with E-state index in [0.29, 0.717) is 34.4 Å². The normalized spacial score (nSPS) is 19.5. The molecule has 2 unspecified atom stereocenters. The van der Waals surface area contributed by atoms with E-state index in [2.05, 4.69) is 28.1 Å². The molecule has 1 fully saturated rings. The summed E-state index contributed by atoms with van der Waals surface area (Å²) < 4.78 is 22.3. The van der Waals surface area contributed by atoms with E-state index >= 15 is 0 Å². The van der Waals surface area contributed by atoms with E-state index in [0.717, 1.165) is 44.5 Å². The number of allylic oxidation sites excluding steroid dienone is 4. The van der Waals surface area contributed by atoms with Gasteiger partial charge in [-0.2, -0.15) is 5.10 Å². The van der Waals surface area contributed by atoms with Crippen LogP contribution in [-0.2, 0) is 9.53 Å². The number of piperidine rings is 1. The van der Waals surface area contributed by atoms with Gasteiger partial charge in [-0.3, -0.25) is 14.9 Å². The summed E-state index contributed by atoms with van der Waals surface area (Å²) in [5, 5.41) is 16.1. The lowest BCUT2D eigenvalue weighted by Crippen LogP contribution is -2.35. The van der Waals surface area contributed by atoms with Gasteiger partial charge < -0.3 is 15.0 Å². The number of benzene rings is 1. The van der Waals surface area contributed by atoms with Gasteiger partial charge in [-0.1, -0.05) is 41.9 Å². The number of halogens is 3. The quantitative estimate of drug-likeness (QED) is 0.341. The number of nitrogens with zero attached hydrogens (tertiary/aromatic N) is 3. The van der Waals surface area contributed by atoms with Crippen molar-refractivity contribution < 1.29 is 13.9 Å². The fraction of sp³-hybridized carbons (Fsp3) is 0.414. The minimum Gasteiger partial charge on any atom is -0.484 e. The maximum atomic E-state index is 14.1. The van der Waals surface area contributed by atoms with Crippen LogP contribution in [0.5, 0.6) is 0 Å². The van der Waals surface area contributed by atoms with Gasteiger partial charge in [-0.25, -0.2) is 4.39 Å². The smallest absolute Gasteiger partial charge is 0.219 e. The molecule has 0 bridgehead atoms. The summed E-state index contributed by atoms with van der Waals surface area (Å²) in [5.41, 5.74) is 1.94. The maximum absolute atomic E-state index is 14.1. The Labute approximate surface area is 238 Å². The van der Waals surface area contributed by atoms with Crippen LogP contribution >= 0.6 is 23.2 Å². The van der Waals surface area contributed by atoms with Gasteiger partial charge in [0.15, 0.2) is 0 Å². The zero-order valence-corrected chi connectivity index (χ0v) is 23.7. The fourth-order valence-corrected chi connectivity index (χ4v) is 5.63. The third-order valence-electron chi connectivity index (χ3n) is 7.29. The SMILES string of the molecule is C=C1C=CC(c2cnn(C3CCN(CCCC(=O)NC)CC3)c2)C=C(OC(C)c2c(Cl)ccc(F)c2Cl)C1=N. The number of aromatic nitrogens is 2. The van der Waals surface area contributed by atoms with Gasteiger partial charge in [0, 0.05) is 54.8 Å². The Bertz CT molecular complexity index is 1300. The summed E-state index contributed by atoms with van der Waals surface area (Å²) in [6.45, 7) is 8.57. The highest BCUT2D eigenvalue weighted by Crippen LogP contribution is 2.37. The standard InChI is InChI=1S/C29H34Cl2FN5O2/c1-18-6-7-20(15-25(29(18)33)39-19(2)27-23(30)8-9-24(32)28(27)31)21-16-35-37(17-21)22-10-13-36(14-11-22)12-4-5-26(38)34-3/h6-9,15-17,19-20,22,33H,1,4-5,10-14H2,2-3H3,(H,34,38). The first-order chi connectivity index (χ1) is 18.7. The van der Waals surface area contributed by atoms with E-state index in [4.69, 9.17) is 33.3 Å². The molecule has 1 amide bonds. The molecule has 7 nitrogen and oxygen atoms in total. The molecule has 1 saturated heterocycles. The van der Waals surface area contributed by atoms with Crippen LogP contribution in [0.15, 0.2) is 60.7 Å². The molecule has 4 rings (SSSR count). The second-order valence-electron chi connectivity index (χ2n) is 9.94. The van der Waals surface area contributed by atoms with Gasteiger partial charge in [0.2, 0.25) is 5.91 Å². The first kappa shape index (κ1) is 29.1. The van der Waals surface area contributed by atoms with Crippen LogP contribution in [0.25, 0.3) is 0 Å². The number of likely N-dealkylation sites (tertiary alicyclic amines) is 1. The van der Waals surface area contributed by atoms with Crippen LogP contribution in [0.3, 0.4) is 0 Å². The molecule has 0 spiro atoms. The van der Waals surface area contributed by atoms with Gasteiger partial charge in [0.1, 0.15) is 23.4 Å². The topological polar surface area (TPSA) is 83.2 Å². The third kappa shape index (κ3) is 6.99. The molecule has 10 heteroatoms. The van der Waals surface area contributed by atoms with Crippen molar-refractivity contribution in [1.82, 2.24) is 20.0 Å². The van der Waals surface area contributed by atoms with E-state index in [1.54, 1.807) is 20.0 Å². The van der Waals surface area contributed by atoms with Crippen molar-refractivity contribution >= 4 is 34.8 Å². The molecule has 2 N–H and O–H groups in total. The molecule has 208 valence electrons. The van der Waals surface area contributed by atoms with Crippen LogP contribution in [0.4, 0.5) is 4.39 Å². The molecular formula is C29H34Cl2FN5O2. The second-order valence-corrected chi connectivity index (χ2v) is 10.7. The van der Waals surface area contributed by atoms with Gasteiger partial charge in [0.05, 0.1) is 17.3 Å². The van der Waals surface area contributed by atoms with Gasteiger partial charge in [-0.05, 0) is 56.5 Å². The van der Waals surface area contributed by atoms with Crippen molar-refractivity contribution in [2.75, 3.05) is 26.7 Å².